The van der Waals surface area contributed by atoms with Crippen molar-refractivity contribution in [1.29, 1.82) is 0 Å². The summed E-state index contributed by atoms with van der Waals surface area (Å²) in [5.74, 6) is 0.662. The molecule has 1 saturated heterocycles. The summed E-state index contributed by atoms with van der Waals surface area (Å²) in [6, 6.07) is 0.370. The summed E-state index contributed by atoms with van der Waals surface area (Å²) in [6.45, 7) is 6.81. The van der Waals surface area contributed by atoms with Crippen molar-refractivity contribution in [2.24, 2.45) is 17.6 Å². The fourth-order valence-corrected chi connectivity index (χ4v) is 3.41. The largest absolute Gasteiger partial charge is 0.480 e. The Balaban J connectivity index is 1.99. The van der Waals surface area contributed by atoms with Gasteiger partial charge in [0.05, 0.1) is 0 Å². The lowest BCUT2D eigenvalue weighted by molar-refractivity contribution is -0.145. The number of likely N-dealkylation sites (tertiary alicyclic amines) is 1. The van der Waals surface area contributed by atoms with Crippen molar-refractivity contribution in [3.8, 4) is 0 Å². The van der Waals surface area contributed by atoms with Crippen LogP contribution >= 0.6 is 0 Å². The number of hydrogen-bond donors (Lipinski definition) is 2. The molecule has 104 valence electrons. The third-order valence-electron chi connectivity index (χ3n) is 5.07. The number of hydrogen-bond acceptors (Lipinski definition) is 3. The second-order valence-electron chi connectivity index (χ2n) is 6.45. The van der Waals surface area contributed by atoms with E-state index in [1.165, 1.54) is 6.42 Å². The zero-order valence-electron chi connectivity index (χ0n) is 11.6. The molecule has 1 aliphatic heterocycles. The summed E-state index contributed by atoms with van der Waals surface area (Å²) in [5.41, 5.74) is 5.04. The first-order valence-electron chi connectivity index (χ1n) is 7.19. The molecular weight excluding hydrogens is 228 g/mol. The van der Waals surface area contributed by atoms with E-state index in [0.717, 1.165) is 31.8 Å². The zero-order valence-corrected chi connectivity index (χ0v) is 11.6. The van der Waals surface area contributed by atoms with Gasteiger partial charge in [0.2, 0.25) is 0 Å². The molecule has 0 amide bonds. The monoisotopic (exact) mass is 254 g/mol. The molecule has 0 aromatic carbocycles. The van der Waals surface area contributed by atoms with Crippen LogP contribution in [0.2, 0.25) is 0 Å². The molecule has 0 bridgehead atoms. The van der Waals surface area contributed by atoms with Crippen molar-refractivity contribution < 1.29 is 9.90 Å². The molecule has 0 aromatic heterocycles. The Hall–Kier alpha value is -0.610. The SMILES string of the molecule is CC1CCN(C2CCCC(N)(C(=O)O)C2)CC1C. The lowest BCUT2D eigenvalue weighted by Gasteiger charge is -2.45. The summed E-state index contributed by atoms with van der Waals surface area (Å²) < 4.78 is 0. The minimum Gasteiger partial charge on any atom is -0.480 e. The minimum absolute atomic E-state index is 0.370. The third-order valence-corrected chi connectivity index (χ3v) is 5.07. The van der Waals surface area contributed by atoms with E-state index in [2.05, 4.69) is 18.7 Å². The van der Waals surface area contributed by atoms with Crippen LogP contribution in [0.3, 0.4) is 0 Å². The maximum atomic E-state index is 11.3. The molecule has 2 fully saturated rings. The number of nitrogens with two attached hydrogens (primary N) is 1. The van der Waals surface area contributed by atoms with Crippen molar-refractivity contribution in [2.75, 3.05) is 13.1 Å². The number of piperidine rings is 1. The van der Waals surface area contributed by atoms with Gasteiger partial charge in [-0.05, 0) is 50.5 Å². The maximum absolute atomic E-state index is 11.3. The molecule has 18 heavy (non-hydrogen) atoms. The van der Waals surface area contributed by atoms with E-state index < -0.39 is 11.5 Å². The summed E-state index contributed by atoms with van der Waals surface area (Å²) in [5, 5.41) is 9.26. The lowest BCUT2D eigenvalue weighted by atomic mass is 9.77. The number of carbonyl (C=O) groups is 1. The van der Waals surface area contributed by atoms with Crippen LogP contribution in [-0.2, 0) is 4.79 Å². The van der Waals surface area contributed by atoms with Crippen molar-refractivity contribution in [3.63, 3.8) is 0 Å². The molecule has 0 radical (unpaired) electrons. The Labute approximate surface area is 110 Å². The van der Waals surface area contributed by atoms with Gasteiger partial charge < -0.3 is 15.7 Å². The average Bonchev–Trinajstić information content (AvgIpc) is 2.32. The van der Waals surface area contributed by atoms with Gasteiger partial charge in [-0.25, -0.2) is 0 Å². The van der Waals surface area contributed by atoms with E-state index in [-0.39, 0.29) is 0 Å². The lowest BCUT2D eigenvalue weighted by Crippen LogP contribution is -2.57. The number of aliphatic carboxylic acids is 1. The smallest absolute Gasteiger partial charge is 0.323 e. The van der Waals surface area contributed by atoms with Gasteiger partial charge in [-0.15, -0.1) is 0 Å². The first-order valence-corrected chi connectivity index (χ1v) is 7.19. The average molecular weight is 254 g/mol. The molecule has 4 heteroatoms. The zero-order chi connectivity index (χ0) is 13.3. The molecule has 2 rings (SSSR count). The van der Waals surface area contributed by atoms with Crippen molar-refractivity contribution in [3.05, 3.63) is 0 Å². The molecule has 4 atom stereocenters. The first kappa shape index (κ1) is 13.8. The second-order valence-corrected chi connectivity index (χ2v) is 6.45. The highest BCUT2D eigenvalue weighted by Gasteiger charge is 2.41. The molecule has 4 unspecified atom stereocenters. The van der Waals surface area contributed by atoms with Gasteiger partial charge in [0.25, 0.3) is 0 Å². The Kier molecular flexibility index (Phi) is 3.97. The molecule has 3 N–H and O–H groups in total. The first-order chi connectivity index (χ1) is 8.42. The summed E-state index contributed by atoms with van der Waals surface area (Å²) in [6.07, 6.45) is 4.51. The van der Waals surface area contributed by atoms with E-state index in [4.69, 9.17) is 5.73 Å². The standard InChI is InChI=1S/C14H26N2O2/c1-10-5-7-16(9-11(10)2)12-4-3-6-14(15,8-12)13(17)18/h10-12H,3-9,15H2,1-2H3,(H,17,18). The molecule has 0 aromatic rings. The Bertz CT molecular complexity index is 321. The number of carboxylic acid groups (broad SMARTS) is 1. The minimum atomic E-state index is -0.991. The molecule has 1 heterocycles. The normalized spacial score (nSPS) is 42.7. The Morgan fingerprint density at radius 3 is 2.67 bits per heavy atom. The number of nitrogens with zero attached hydrogens (tertiary/aromatic N) is 1. The van der Waals surface area contributed by atoms with E-state index >= 15 is 0 Å². The van der Waals surface area contributed by atoms with Crippen LogP contribution < -0.4 is 5.73 Å². The highest BCUT2D eigenvalue weighted by Crippen LogP contribution is 2.33. The maximum Gasteiger partial charge on any atom is 0.323 e. The summed E-state index contributed by atoms with van der Waals surface area (Å²) in [4.78, 5) is 13.8. The van der Waals surface area contributed by atoms with Gasteiger partial charge in [0.1, 0.15) is 5.54 Å². The van der Waals surface area contributed by atoms with E-state index in [1.807, 2.05) is 0 Å². The van der Waals surface area contributed by atoms with Crippen LogP contribution in [0.25, 0.3) is 0 Å². The topological polar surface area (TPSA) is 66.6 Å². The van der Waals surface area contributed by atoms with Crippen molar-refractivity contribution in [2.45, 2.75) is 57.5 Å². The molecular formula is C14H26N2O2. The van der Waals surface area contributed by atoms with Gasteiger partial charge in [-0.1, -0.05) is 13.8 Å². The van der Waals surface area contributed by atoms with Crippen LogP contribution in [0.15, 0.2) is 0 Å². The van der Waals surface area contributed by atoms with Gasteiger partial charge in [-0.2, -0.15) is 0 Å². The van der Waals surface area contributed by atoms with Crippen molar-refractivity contribution in [1.82, 2.24) is 4.90 Å². The molecule has 4 nitrogen and oxygen atoms in total. The highest BCUT2D eigenvalue weighted by atomic mass is 16.4. The molecule has 1 saturated carbocycles. The van der Waals surface area contributed by atoms with Crippen molar-refractivity contribution >= 4 is 5.97 Å². The predicted molar refractivity (Wildman–Crippen MR) is 71.3 cm³/mol. The third kappa shape index (κ3) is 2.69. The van der Waals surface area contributed by atoms with E-state index in [9.17, 15) is 9.90 Å². The van der Waals surface area contributed by atoms with Gasteiger partial charge in [-0.3, -0.25) is 4.79 Å². The molecule has 2 aliphatic rings. The van der Waals surface area contributed by atoms with Crippen LogP contribution in [0.4, 0.5) is 0 Å². The summed E-state index contributed by atoms with van der Waals surface area (Å²) in [7, 11) is 0. The van der Waals surface area contributed by atoms with Crippen LogP contribution in [-0.4, -0.2) is 40.6 Å². The quantitative estimate of drug-likeness (QED) is 0.787. The molecule has 0 spiro atoms. The number of carboxylic acids is 1. The van der Waals surface area contributed by atoms with Crippen LogP contribution in [0, 0.1) is 11.8 Å². The van der Waals surface area contributed by atoms with E-state index in [1.54, 1.807) is 0 Å². The summed E-state index contributed by atoms with van der Waals surface area (Å²) >= 11 is 0. The Morgan fingerprint density at radius 1 is 1.33 bits per heavy atom. The Morgan fingerprint density at radius 2 is 2.06 bits per heavy atom. The second kappa shape index (κ2) is 5.17. The number of rotatable bonds is 2. The fraction of sp³-hybridized carbons (Fsp3) is 0.929. The predicted octanol–water partition coefficient (Wildman–Crippen LogP) is 1.69. The van der Waals surface area contributed by atoms with E-state index in [0.29, 0.717) is 24.8 Å². The molecule has 1 aliphatic carbocycles. The van der Waals surface area contributed by atoms with Crippen LogP contribution in [0.5, 0.6) is 0 Å². The van der Waals surface area contributed by atoms with Gasteiger partial charge in [0.15, 0.2) is 0 Å². The highest BCUT2D eigenvalue weighted by molar-refractivity contribution is 5.78. The fourth-order valence-electron chi connectivity index (χ4n) is 3.41. The van der Waals surface area contributed by atoms with Gasteiger partial charge >= 0.3 is 5.97 Å². The van der Waals surface area contributed by atoms with Crippen LogP contribution in [0.1, 0.15) is 46.0 Å². The van der Waals surface area contributed by atoms with Gasteiger partial charge in [0, 0.05) is 12.6 Å².